The Morgan fingerprint density at radius 1 is 1.03 bits per heavy atom. The zero-order chi connectivity index (χ0) is 22.0. The molecule has 1 fully saturated rings. The van der Waals surface area contributed by atoms with Gasteiger partial charge in [0.05, 0.1) is 11.6 Å². The van der Waals surface area contributed by atoms with Crippen LogP contribution in [0.3, 0.4) is 0 Å². The molecule has 0 aromatic heterocycles. The van der Waals surface area contributed by atoms with Gasteiger partial charge in [0.15, 0.2) is 0 Å². The molecule has 5 nitrogen and oxygen atoms in total. The van der Waals surface area contributed by atoms with E-state index in [1.54, 1.807) is 11.0 Å². The van der Waals surface area contributed by atoms with Crippen LogP contribution in [-0.4, -0.2) is 53.8 Å². The number of ketones is 1. The van der Waals surface area contributed by atoms with Crippen molar-refractivity contribution in [3.05, 3.63) is 75.9 Å². The first-order valence-electron chi connectivity index (χ1n) is 10.3. The van der Waals surface area contributed by atoms with Crippen LogP contribution in [0.25, 0.3) is 5.76 Å². The van der Waals surface area contributed by atoms with Crippen LogP contribution in [0, 0.1) is 20.8 Å². The van der Waals surface area contributed by atoms with Crippen LogP contribution in [0.15, 0.2) is 48.0 Å². The quantitative estimate of drug-likeness (QED) is 0.448. The van der Waals surface area contributed by atoms with E-state index in [-0.39, 0.29) is 11.3 Å². The largest absolute Gasteiger partial charge is 0.507 e. The molecule has 0 saturated carbocycles. The van der Waals surface area contributed by atoms with Crippen molar-refractivity contribution in [3.8, 4) is 0 Å². The van der Waals surface area contributed by atoms with E-state index in [0.717, 1.165) is 35.2 Å². The molecule has 1 atom stereocenters. The second-order valence-electron chi connectivity index (χ2n) is 8.36. The van der Waals surface area contributed by atoms with Gasteiger partial charge >= 0.3 is 0 Å². The van der Waals surface area contributed by atoms with E-state index in [1.165, 1.54) is 0 Å². The summed E-state index contributed by atoms with van der Waals surface area (Å²) in [5.74, 6) is -1.29. The van der Waals surface area contributed by atoms with E-state index in [4.69, 9.17) is 0 Å². The first kappa shape index (κ1) is 21.8. The number of aliphatic hydroxyl groups is 1. The highest BCUT2D eigenvalue weighted by Crippen LogP contribution is 2.39. The van der Waals surface area contributed by atoms with Gasteiger partial charge < -0.3 is 14.9 Å². The highest BCUT2D eigenvalue weighted by Gasteiger charge is 2.45. The van der Waals surface area contributed by atoms with Gasteiger partial charge in [0.2, 0.25) is 0 Å². The Morgan fingerprint density at radius 3 is 2.40 bits per heavy atom. The molecule has 1 unspecified atom stereocenters. The lowest BCUT2D eigenvalue weighted by Crippen LogP contribution is -2.32. The minimum absolute atomic E-state index is 0.113. The van der Waals surface area contributed by atoms with Crippen LogP contribution < -0.4 is 0 Å². The fourth-order valence-corrected chi connectivity index (χ4v) is 3.90. The van der Waals surface area contributed by atoms with Gasteiger partial charge in [-0.2, -0.15) is 0 Å². The number of nitrogens with zero attached hydrogens (tertiary/aromatic N) is 2. The van der Waals surface area contributed by atoms with E-state index in [1.807, 2.05) is 76.2 Å². The second kappa shape index (κ2) is 8.84. The fourth-order valence-electron chi connectivity index (χ4n) is 3.90. The summed E-state index contributed by atoms with van der Waals surface area (Å²) in [6, 6.07) is 12.8. The third-order valence-corrected chi connectivity index (χ3v) is 5.68. The van der Waals surface area contributed by atoms with Crippen LogP contribution in [-0.2, 0) is 9.59 Å². The third-order valence-electron chi connectivity index (χ3n) is 5.68. The van der Waals surface area contributed by atoms with Crippen molar-refractivity contribution < 1.29 is 14.7 Å². The summed E-state index contributed by atoms with van der Waals surface area (Å²) in [6.07, 6.45) is 0.742. The standard InChI is InChI=1S/C25H30N2O3/c1-16-8-6-9-19(14-16)22-21(23(28)20-11-10-17(2)18(3)15-20)24(29)25(30)27(22)13-7-12-26(4)5/h6,8-11,14-15,22,28H,7,12-13H2,1-5H3/b23-21-. The molecule has 5 heteroatoms. The number of benzene rings is 2. The van der Waals surface area contributed by atoms with Crippen molar-refractivity contribution >= 4 is 17.4 Å². The number of hydrogen-bond acceptors (Lipinski definition) is 4. The lowest BCUT2D eigenvalue weighted by atomic mass is 9.93. The summed E-state index contributed by atoms with van der Waals surface area (Å²) in [6.45, 7) is 7.19. The summed E-state index contributed by atoms with van der Waals surface area (Å²) in [4.78, 5) is 29.6. The molecule has 2 aromatic carbocycles. The van der Waals surface area contributed by atoms with Crippen molar-refractivity contribution in [2.45, 2.75) is 33.2 Å². The lowest BCUT2D eigenvalue weighted by Gasteiger charge is -2.26. The topological polar surface area (TPSA) is 60.9 Å². The van der Waals surface area contributed by atoms with Gasteiger partial charge in [0, 0.05) is 12.1 Å². The van der Waals surface area contributed by atoms with Crippen LogP contribution >= 0.6 is 0 Å². The number of aliphatic hydroxyl groups excluding tert-OH is 1. The van der Waals surface area contributed by atoms with E-state index in [2.05, 4.69) is 0 Å². The molecule has 3 rings (SSSR count). The van der Waals surface area contributed by atoms with E-state index >= 15 is 0 Å². The molecule has 30 heavy (non-hydrogen) atoms. The highest BCUT2D eigenvalue weighted by atomic mass is 16.3. The lowest BCUT2D eigenvalue weighted by molar-refractivity contribution is -0.139. The summed E-state index contributed by atoms with van der Waals surface area (Å²) in [5, 5.41) is 11.1. The normalized spacial score (nSPS) is 18.5. The molecule has 0 radical (unpaired) electrons. The van der Waals surface area contributed by atoms with Crippen molar-refractivity contribution in [2.24, 2.45) is 0 Å². The number of likely N-dealkylation sites (tertiary alicyclic amines) is 1. The number of aryl methyl sites for hydroxylation is 3. The monoisotopic (exact) mass is 406 g/mol. The third kappa shape index (κ3) is 4.31. The first-order chi connectivity index (χ1) is 14.2. The minimum atomic E-state index is -0.623. The average molecular weight is 407 g/mol. The van der Waals surface area contributed by atoms with E-state index in [0.29, 0.717) is 12.1 Å². The van der Waals surface area contributed by atoms with Crippen molar-refractivity contribution in [2.75, 3.05) is 27.2 Å². The molecule has 158 valence electrons. The number of amides is 1. The maximum Gasteiger partial charge on any atom is 0.295 e. The first-order valence-corrected chi connectivity index (χ1v) is 10.3. The zero-order valence-corrected chi connectivity index (χ0v) is 18.4. The molecule has 1 aliphatic heterocycles. The molecule has 1 aliphatic rings. The van der Waals surface area contributed by atoms with Gasteiger partial charge in [-0.1, -0.05) is 42.0 Å². The molecule has 0 bridgehead atoms. The maximum absolute atomic E-state index is 13.0. The van der Waals surface area contributed by atoms with Crippen molar-refractivity contribution in [3.63, 3.8) is 0 Å². The number of rotatable bonds is 6. The van der Waals surface area contributed by atoms with E-state index < -0.39 is 17.7 Å². The Hall–Kier alpha value is -2.92. The van der Waals surface area contributed by atoms with Gasteiger partial charge in [0.1, 0.15) is 5.76 Å². The van der Waals surface area contributed by atoms with Crippen LogP contribution in [0.4, 0.5) is 0 Å². The number of hydrogen-bond donors (Lipinski definition) is 1. The van der Waals surface area contributed by atoms with Crippen molar-refractivity contribution in [1.29, 1.82) is 0 Å². The predicted octanol–water partition coefficient (Wildman–Crippen LogP) is 3.99. The highest BCUT2D eigenvalue weighted by molar-refractivity contribution is 6.46. The molecule has 1 heterocycles. The Morgan fingerprint density at radius 2 is 1.77 bits per heavy atom. The molecule has 0 aliphatic carbocycles. The number of carbonyl (C=O) groups is 2. The Labute approximate surface area is 178 Å². The molecule has 2 aromatic rings. The molecule has 1 N–H and O–H groups in total. The second-order valence-corrected chi connectivity index (χ2v) is 8.36. The van der Waals surface area contributed by atoms with Gasteiger partial charge in [-0.15, -0.1) is 0 Å². The Balaban J connectivity index is 2.12. The molecular weight excluding hydrogens is 376 g/mol. The summed E-state index contributed by atoms with van der Waals surface area (Å²) < 4.78 is 0. The zero-order valence-electron chi connectivity index (χ0n) is 18.4. The van der Waals surface area contributed by atoms with Gasteiger partial charge in [-0.25, -0.2) is 0 Å². The molecular formula is C25H30N2O3. The summed E-state index contributed by atoms with van der Waals surface area (Å²) >= 11 is 0. The maximum atomic E-state index is 13.0. The van der Waals surface area contributed by atoms with Crippen LogP contribution in [0.1, 0.15) is 40.3 Å². The van der Waals surface area contributed by atoms with E-state index in [9.17, 15) is 14.7 Å². The fraction of sp³-hybridized carbons (Fsp3) is 0.360. The minimum Gasteiger partial charge on any atom is -0.507 e. The van der Waals surface area contributed by atoms with Gasteiger partial charge in [0.25, 0.3) is 11.7 Å². The van der Waals surface area contributed by atoms with Crippen LogP contribution in [0.5, 0.6) is 0 Å². The van der Waals surface area contributed by atoms with Crippen molar-refractivity contribution in [1.82, 2.24) is 9.80 Å². The number of Topliss-reactive ketones (excluding diaryl/α,β-unsaturated/α-hetero) is 1. The number of carbonyl (C=O) groups excluding carboxylic acids is 2. The molecule has 1 amide bonds. The molecule has 0 spiro atoms. The summed E-state index contributed by atoms with van der Waals surface area (Å²) in [5.41, 5.74) is 4.72. The van der Waals surface area contributed by atoms with Gasteiger partial charge in [-0.3, -0.25) is 9.59 Å². The Kier molecular flexibility index (Phi) is 6.42. The van der Waals surface area contributed by atoms with Gasteiger partial charge in [-0.05, 0) is 70.6 Å². The van der Waals surface area contributed by atoms with Crippen LogP contribution in [0.2, 0.25) is 0 Å². The average Bonchev–Trinajstić information content (AvgIpc) is 2.94. The smallest absolute Gasteiger partial charge is 0.295 e. The Bertz CT molecular complexity index is 1010. The summed E-state index contributed by atoms with van der Waals surface area (Å²) in [7, 11) is 3.96. The SMILES string of the molecule is Cc1cccc(C2/C(=C(/O)c3ccc(C)c(C)c3)C(=O)C(=O)N2CCCN(C)C)c1. The molecule has 1 saturated heterocycles. The predicted molar refractivity (Wildman–Crippen MR) is 119 cm³/mol.